The quantitative estimate of drug-likeness (QED) is 0.611. The smallest absolute Gasteiger partial charge is 0.261 e. The molecule has 2 aliphatic rings. The van der Waals surface area contributed by atoms with Gasteiger partial charge in [-0.25, -0.2) is 0 Å². The number of carbonyl (C=O) groups excluding carboxylic acids is 2. The maximum absolute atomic E-state index is 12.2. The monoisotopic (exact) mass is 336 g/mol. The normalized spacial score (nSPS) is 18.5. The first-order valence-electron chi connectivity index (χ1n) is 8.45. The van der Waals surface area contributed by atoms with Crippen molar-refractivity contribution in [2.75, 3.05) is 26.2 Å². The van der Waals surface area contributed by atoms with Crippen LogP contribution in [-0.4, -0.2) is 47.8 Å². The van der Waals surface area contributed by atoms with Crippen molar-refractivity contribution in [1.82, 2.24) is 9.80 Å². The molecular weight excluding hydrogens is 312 g/mol. The Hall–Kier alpha value is -1.39. The van der Waals surface area contributed by atoms with E-state index in [9.17, 15) is 9.59 Å². The molecule has 0 atom stereocenters. The average Bonchev–Trinajstić information content (AvgIpc) is 2.74. The van der Waals surface area contributed by atoms with Crippen molar-refractivity contribution in [2.24, 2.45) is 0 Å². The summed E-state index contributed by atoms with van der Waals surface area (Å²) in [6.45, 7) is 4.03. The molecule has 23 heavy (non-hydrogen) atoms. The fourth-order valence-electron chi connectivity index (χ4n) is 3.41. The first-order chi connectivity index (χ1) is 10.8. The highest BCUT2D eigenvalue weighted by Crippen LogP contribution is 2.22. The van der Waals surface area contributed by atoms with Crippen molar-refractivity contribution >= 4 is 24.2 Å². The number of hydrogen-bond acceptors (Lipinski definition) is 3. The Morgan fingerprint density at radius 2 is 1.30 bits per heavy atom. The van der Waals surface area contributed by atoms with E-state index in [1.165, 1.54) is 43.7 Å². The molecule has 0 N–H and O–H groups in total. The molecule has 0 aromatic heterocycles. The molecule has 0 aliphatic carbocycles. The zero-order valence-corrected chi connectivity index (χ0v) is 14.3. The van der Waals surface area contributed by atoms with Gasteiger partial charge < -0.3 is 4.90 Å². The van der Waals surface area contributed by atoms with Gasteiger partial charge in [-0.05, 0) is 57.5 Å². The molecule has 4 nitrogen and oxygen atoms in total. The van der Waals surface area contributed by atoms with Crippen LogP contribution < -0.4 is 0 Å². The van der Waals surface area contributed by atoms with Crippen molar-refractivity contribution in [3.63, 3.8) is 0 Å². The van der Waals surface area contributed by atoms with Crippen LogP contribution in [0.2, 0.25) is 0 Å². The van der Waals surface area contributed by atoms with Crippen molar-refractivity contribution < 1.29 is 9.59 Å². The van der Waals surface area contributed by atoms with Crippen LogP contribution in [0.1, 0.15) is 59.2 Å². The van der Waals surface area contributed by atoms with Crippen LogP contribution in [0.3, 0.4) is 0 Å². The predicted molar refractivity (Wildman–Crippen MR) is 93.2 cm³/mol. The summed E-state index contributed by atoms with van der Waals surface area (Å²) in [6, 6.07) is 7.11. The van der Waals surface area contributed by atoms with E-state index in [0.717, 1.165) is 19.4 Å². The van der Waals surface area contributed by atoms with E-state index in [-0.39, 0.29) is 24.2 Å². The SMILES string of the molecule is Cl.O=C1c2ccccc2C(=O)N1CCCCN1CCCCCC1. The van der Waals surface area contributed by atoms with E-state index in [1.54, 1.807) is 12.1 Å². The standard InChI is InChI=1S/C18H24N2O2.ClH/c21-17-15-9-3-4-10-16(15)18(22)20(17)14-8-7-13-19-11-5-1-2-6-12-19;/h3-4,9-10H,1-2,5-8,11-14H2;1H. The van der Waals surface area contributed by atoms with Gasteiger partial charge in [0.1, 0.15) is 0 Å². The zero-order valence-electron chi connectivity index (χ0n) is 13.5. The number of halogens is 1. The number of fused-ring (bicyclic) bond motifs is 1. The second kappa shape index (κ2) is 8.46. The number of amides is 2. The minimum atomic E-state index is -0.129. The summed E-state index contributed by atoms with van der Waals surface area (Å²) in [7, 11) is 0. The molecule has 0 radical (unpaired) electrons. The number of unbranched alkanes of at least 4 members (excludes halogenated alkanes) is 1. The zero-order chi connectivity index (χ0) is 15.4. The Morgan fingerprint density at radius 3 is 1.87 bits per heavy atom. The van der Waals surface area contributed by atoms with Gasteiger partial charge in [0.2, 0.25) is 0 Å². The molecular formula is C18H25ClN2O2. The molecule has 1 aromatic carbocycles. The number of benzene rings is 1. The van der Waals surface area contributed by atoms with Gasteiger partial charge >= 0.3 is 0 Å². The number of likely N-dealkylation sites (tertiary alicyclic amines) is 1. The van der Waals surface area contributed by atoms with E-state index >= 15 is 0 Å². The van der Waals surface area contributed by atoms with Crippen LogP contribution in [0.4, 0.5) is 0 Å². The molecule has 0 saturated carbocycles. The van der Waals surface area contributed by atoms with Gasteiger partial charge in [0.25, 0.3) is 11.8 Å². The van der Waals surface area contributed by atoms with Crippen LogP contribution in [-0.2, 0) is 0 Å². The molecule has 3 rings (SSSR count). The van der Waals surface area contributed by atoms with Gasteiger partial charge in [-0.2, -0.15) is 0 Å². The highest BCUT2D eigenvalue weighted by molar-refractivity contribution is 6.21. The van der Waals surface area contributed by atoms with Gasteiger partial charge in [0.15, 0.2) is 0 Å². The summed E-state index contributed by atoms with van der Waals surface area (Å²) in [5, 5.41) is 0. The second-order valence-electron chi connectivity index (χ2n) is 6.27. The van der Waals surface area contributed by atoms with Crippen molar-refractivity contribution in [3.05, 3.63) is 35.4 Å². The van der Waals surface area contributed by atoms with Crippen LogP contribution in [0.25, 0.3) is 0 Å². The molecule has 0 spiro atoms. The van der Waals surface area contributed by atoms with E-state index in [1.807, 2.05) is 12.1 Å². The minimum Gasteiger partial charge on any atom is -0.303 e. The lowest BCUT2D eigenvalue weighted by molar-refractivity contribution is 0.0650. The molecule has 2 amide bonds. The largest absolute Gasteiger partial charge is 0.303 e. The maximum atomic E-state index is 12.2. The first kappa shape index (κ1) is 18.0. The lowest BCUT2D eigenvalue weighted by Crippen LogP contribution is -2.31. The Balaban J connectivity index is 0.00000192. The lowest BCUT2D eigenvalue weighted by Gasteiger charge is -2.20. The molecule has 2 heterocycles. The maximum Gasteiger partial charge on any atom is 0.261 e. The predicted octanol–water partition coefficient (Wildman–Crippen LogP) is 3.36. The van der Waals surface area contributed by atoms with Crippen molar-refractivity contribution in [3.8, 4) is 0 Å². The lowest BCUT2D eigenvalue weighted by atomic mass is 10.1. The Morgan fingerprint density at radius 1 is 0.783 bits per heavy atom. The molecule has 0 bridgehead atoms. The average molecular weight is 337 g/mol. The summed E-state index contributed by atoms with van der Waals surface area (Å²) in [6.07, 6.45) is 7.25. The minimum absolute atomic E-state index is 0. The topological polar surface area (TPSA) is 40.6 Å². The van der Waals surface area contributed by atoms with E-state index < -0.39 is 0 Å². The molecule has 5 heteroatoms. The van der Waals surface area contributed by atoms with Crippen molar-refractivity contribution in [1.29, 1.82) is 0 Å². The second-order valence-corrected chi connectivity index (χ2v) is 6.27. The highest BCUT2D eigenvalue weighted by Gasteiger charge is 2.34. The third kappa shape index (κ3) is 4.12. The molecule has 126 valence electrons. The molecule has 1 fully saturated rings. The Kier molecular flexibility index (Phi) is 6.60. The third-order valence-electron chi connectivity index (χ3n) is 4.68. The van der Waals surface area contributed by atoms with Gasteiger partial charge in [-0.15, -0.1) is 12.4 Å². The summed E-state index contributed by atoms with van der Waals surface area (Å²) in [4.78, 5) is 28.4. The number of carbonyl (C=O) groups is 2. The molecule has 1 saturated heterocycles. The fourth-order valence-corrected chi connectivity index (χ4v) is 3.41. The third-order valence-corrected chi connectivity index (χ3v) is 4.68. The number of imide groups is 1. The van der Waals surface area contributed by atoms with E-state index in [4.69, 9.17) is 0 Å². The van der Waals surface area contributed by atoms with Crippen LogP contribution in [0, 0.1) is 0 Å². The Labute approximate surface area is 144 Å². The fraction of sp³-hybridized carbons (Fsp3) is 0.556. The molecule has 1 aromatic rings. The van der Waals surface area contributed by atoms with Gasteiger partial charge in [-0.3, -0.25) is 14.5 Å². The summed E-state index contributed by atoms with van der Waals surface area (Å²) in [5.41, 5.74) is 1.11. The molecule has 0 unspecified atom stereocenters. The Bertz CT molecular complexity index is 519. The summed E-state index contributed by atoms with van der Waals surface area (Å²) < 4.78 is 0. The van der Waals surface area contributed by atoms with Crippen LogP contribution >= 0.6 is 12.4 Å². The van der Waals surface area contributed by atoms with Crippen LogP contribution in [0.5, 0.6) is 0 Å². The van der Waals surface area contributed by atoms with E-state index in [2.05, 4.69) is 4.90 Å². The highest BCUT2D eigenvalue weighted by atomic mass is 35.5. The van der Waals surface area contributed by atoms with Gasteiger partial charge in [0.05, 0.1) is 11.1 Å². The first-order valence-corrected chi connectivity index (χ1v) is 8.45. The number of hydrogen-bond donors (Lipinski definition) is 0. The summed E-state index contributed by atoms with van der Waals surface area (Å²) in [5.74, 6) is -0.259. The van der Waals surface area contributed by atoms with Gasteiger partial charge in [0, 0.05) is 6.54 Å². The molecule has 2 aliphatic heterocycles. The van der Waals surface area contributed by atoms with Crippen molar-refractivity contribution in [2.45, 2.75) is 38.5 Å². The van der Waals surface area contributed by atoms with Crippen LogP contribution in [0.15, 0.2) is 24.3 Å². The summed E-state index contributed by atoms with van der Waals surface area (Å²) >= 11 is 0. The van der Waals surface area contributed by atoms with Gasteiger partial charge in [-0.1, -0.05) is 25.0 Å². The number of rotatable bonds is 5. The van der Waals surface area contributed by atoms with E-state index in [0.29, 0.717) is 17.7 Å². The number of nitrogens with zero attached hydrogens (tertiary/aromatic N) is 2.